The lowest BCUT2D eigenvalue weighted by Gasteiger charge is -2.23. The minimum absolute atomic E-state index is 0.0273. The van der Waals surface area contributed by atoms with E-state index in [0.29, 0.717) is 18.5 Å². The van der Waals surface area contributed by atoms with Gasteiger partial charge in [-0.05, 0) is 37.5 Å². The molecule has 0 unspecified atom stereocenters. The van der Waals surface area contributed by atoms with E-state index in [1.165, 1.54) is 5.56 Å². The molecule has 8 heteroatoms. The molecule has 0 radical (unpaired) electrons. The van der Waals surface area contributed by atoms with E-state index in [1.807, 2.05) is 31.2 Å². The van der Waals surface area contributed by atoms with Crippen molar-refractivity contribution in [2.24, 2.45) is 0 Å². The third-order valence-electron chi connectivity index (χ3n) is 4.51. The van der Waals surface area contributed by atoms with Crippen LogP contribution < -0.4 is 9.62 Å². The van der Waals surface area contributed by atoms with Gasteiger partial charge < -0.3 is 10.1 Å². The van der Waals surface area contributed by atoms with E-state index >= 15 is 0 Å². The number of rotatable bonds is 10. The number of sulfonamides is 1. The summed E-state index contributed by atoms with van der Waals surface area (Å²) in [6.07, 6.45) is 2.01. The molecule has 1 amide bonds. The van der Waals surface area contributed by atoms with Crippen molar-refractivity contribution < 1.29 is 22.7 Å². The molecular weight excluding hydrogens is 404 g/mol. The molecule has 0 saturated heterocycles. The predicted octanol–water partition coefficient (Wildman–Crippen LogP) is 2.36. The van der Waals surface area contributed by atoms with Gasteiger partial charge in [-0.15, -0.1) is 0 Å². The van der Waals surface area contributed by atoms with Crippen molar-refractivity contribution in [1.29, 1.82) is 0 Å². The summed E-state index contributed by atoms with van der Waals surface area (Å²) < 4.78 is 30.3. The Hall–Kier alpha value is -2.87. The van der Waals surface area contributed by atoms with Crippen LogP contribution in [0, 0.1) is 13.8 Å². The van der Waals surface area contributed by atoms with E-state index in [9.17, 15) is 18.0 Å². The van der Waals surface area contributed by atoms with E-state index < -0.39 is 22.5 Å². The fourth-order valence-corrected chi connectivity index (χ4v) is 3.75. The summed E-state index contributed by atoms with van der Waals surface area (Å²) in [5, 5.41) is 2.70. The number of nitrogens with one attached hydrogen (secondary N) is 1. The first-order valence-electron chi connectivity index (χ1n) is 9.68. The largest absolute Gasteiger partial charge is 0.462 e. The smallest absolute Gasteiger partial charge is 0.326 e. The standard InChI is InChI=1S/C22H28N2O5S/c1-17-8-10-19(11-9-17)12-13-21(25)23-14-15-29-22(26)16-24(30(3,27)28)20-7-5-4-6-18(20)2/h4-11H,12-16H2,1-3H3,(H,23,25). The van der Waals surface area contributed by atoms with Gasteiger partial charge in [0.2, 0.25) is 15.9 Å². The van der Waals surface area contributed by atoms with Crippen molar-refractivity contribution in [2.75, 3.05) is 30.3 Å². The number of carbonyl (C=O) groups is 2. The van der Waals surface area contributed by atoms with Gasteiger partial charge in [0.15, 0.2) is 0 Å². The van der Waals surface area contributed by atoms with Crippen LogP contribution in [-0.2, 0) is 30.8 Å². The number of carbonyl (C=O) groups excluding carboxylic acids is 2. The van der Waals surface area contributed by atoms with Crippen LogP contribution in [0.5, 0.6) is 0 Å². The Bertz CT molecular complexity index is 971. The molecular formula is C22H28N2O5S. The lowest BCUT2D eigenvalue weighted by molar-refractivity contribution is -0.142. The molecule has 0 aliphatic carbocycles. The van der Waals surface area contributed by atoms with Crippen LogP contribution in [0.25, 0.3) is 0 Å². The van der Waals surface area contributed by atoms with Gasteiger partial charge >= 0.3 is 5.97 Å². The van der Waals surface area contributed by atoms with Crippen molar-refractivity contribution in [1.82, 2.24) is 5.32 Å². The molecule has 7 nitrogen and oxygen atoms in total. The summed E-state index contributed by atoms with van der Waals surface area (Å²) in [6.45, 7) is 3.49. The summed E-state index contributed by atoms with van der Waals surface area (Å²) in [6, 6.07) is 14.9. The van der Waals surface area contributed by atoms with Crippen molar-refractivity contribution >= 4 is 27.6 Å². The summed E-state index contributed by atoms with van der Waals surface area (Å²) in [5.74, 6) is -0.818. The molecule has 0 saturated carbocycles. The number of esters is 1. The highest BCUT2D eigenvalue weighted by Crippen LogP contribution is 2.21. The number of aryl methyl sites for hydroxylation is 3. The van der Waals surface area contributed by atoms with Gasteiger partial charge in [-0.2, -0.15) is 0 Å². The minimum atomic E-state index is -3.65. The van der Waals surface area contributed by atoms with Gasteiger partial charge in [0.25, 0.3) is 0 Å². The summed E-state index contributed by atoms with van der Waals surface area (Å²) >= 11 is 0. The zero-order valence-corrected chi connectivity index (χ0v) is 18.4. The average molecular weight is 433 g/mol. The maximum Gasteiger partial charge on any atom is 0.326 e. The van der Waals surface area contributed by atoms with Gasteiger partial charge in [-0.25, -0.2) is 8.42 Å². The predicted molar refractivity (Wildman–Crippen MR) is 117 cm³/mol. The minimum Gasteiger partial charge on any atom is -0.462 e. The number of amides is 1. The van der Waals surface area contributed by atoms with Crippen molar-refractivity contribution in [3.8, 4) is 0 Å². The van der Waals surface area contributed by atoms with Crippen LogP contribution in [-0.4, -0.2) is 46.2 Å². The second kappa shape index (κ2) is 10.8. The van der Waals surface area contributed by atoms with Crippen LogP contribution in [0.4, 0.5) is 5.69 Å². The summed E-state index contributed by atoms with van der Waals surface area (Å²) in [7, 11) is -3.65. The molecule has 2 rings (SSSR count). The molecule has 30 heavy (non-hydrogen) atoms. The molecule has 2 aromatic carbocycles. The van der Waals surface area contributed by atoms with E-state index in [1.54, 1.807) is 31.2 Å². The lowest BCUT2D eigenvalue weighted by atomic mass is 10.1. The summed E-state index contributed by atoms with van der Waals surface area (Å²) in [5.41, 5.74) is 3.42. The zero-order valence-electron chi connectivity index (χ0n) is 17.6. The van der Waals surface area contributed by atoms with E-state index in [-0.39, 0.29) is 19.1 Å². The molecule has 0 aliphatic rings. The van der Waals surface area contributed by atoms with E-state index in [0.717, 1.165) is 21.7 Å². The molecule has 0 aromatic heterocycles. The molecule has 162 valence electrons. The molecule has 1 N–H and O–H groups in total. The quantitative estimate of drug-likeness (QED) is 0.460. The second-order valence-electron chi connectivity index (χ2n) is 7.11. The molecule has 0 fully saturated rings. The number of benzene rings is 2. The van der Waals surface area contributed by atoms with Crippen LogP contribution in [0.2, 0.25) is 0 Å². The molecule has 0 spiro atoms. The maximum absolute atomic E-state index is 12.1. The highest BCUT2D eigenvalue weighted by molar-refractivity contribution is 7.92. The number of hydrogen-bond acceptors (Lipinski definition) is 5. The van der Waals surface area contributed by atoms with Crippen molar-refractivity contribution in [3.05, 3.63) is 65.2 Å². The number of hydrogen-bond donors (Lipinski definition) is 1. The fraction of sp³-hybridized carbons (Fsp3) is 0.364. The van der Waals surface area contributed by atoms with Gasteiger partial charge in [0.05, 0.1) is 18.5 Å². The molecule has 0 bridgehead atoms. The highest BCUT2D eigenvalue weighted by atomic mass is 32.2. The Morgan fingerprint density at radius 3 is 2.33 bits per heavy atom. The Morgan fingerprint density at radius 1 is 1.03 bits per heavy atom. The van der Waals surface area contributed by atoms with Crippen LogP contribution in [0.3, 0.4) is 0 Å². The Labute approximate surface area is 178 Å². The van der Waals surface area contributed by atoms with E-state index in [2.05, 4.69) is 5.32 Å². The molecule has 2 aromatic rings. The fourth-order valence-electron chi connectivity index (χ4n) is 2.84. The number of nitrogens with zero attached hydrogens (tertiary/aromatic N) is 1. The zero-order chi connectivity index (χ0) is 22.1. The first-order chi connectivity index (χ1) is 14.2. The monoisotopic (exact) mass is 432 g/mol. The third kappa shape index (κ3) is 7.51. The Morgan fingerprint density at radius 2 is 1.70 bits per heavy atom. The highest BCUT2D eigenvalue weighted by Gasteiger charge is 2.22. The van der Waals surface area contributed by atoms with Crippen LogP contribution >= 0.6 is 0 Å². The maximum atomic E-state index is 12.1. The summed E-state index contributed by atoms with van der Waals surface area (Å²) in [4.78, 5) is 24.0. The van der Waals surface area contributed by atoms with E-state index in [4.69, 9.17) is 4.74 Å². The first-order valence-corrected chi connectivity index (χ1v) is 11.5. The van der Waals surface area contributed by atoms with Crippen molar-refractivity contribution in [2.45, 2.75) is 26.7 Å². The normalized spacial score (nSPS) is 11.0. The topological polar surface area (TPSA) is 92.8 Å². The number of anilines is 1. The van der Waals surface area contributed by atoms with Crippen LogP contribution in [0.1, 0.15) is 23.1 Å². The number of para-hydroxylation sites is 1. The Balaban J connectivity index is 1.76. The van der Waals surface area contributed by atoms with Gasteiger partial charge in [-0.1, -0.05) is 48.0 Å². The molecule has 0 aliphatic heterocycles. The van der Waals surface area contributed by atoms with Gasteiger partial charge in [-0.3, -0.25) is 13.9 Å². The SMILES string of the molecule is Cc1ccc(CCC(=O)NCCOC(=O)CN(c2ccccc2C)S(C)(=O)=O)cc1. The van der Waals surface area contributed by atoms with Crippen molar-refractivity contribution in [3.63, 3.8) is 0 Å². The van der Waals surface area contributed by atoms with Gasteiger partial charge in [0, 0.05) is 6.42 Å². The second-order valence-corrected chi connectivity index (χ2v) is 9.02. The molecule has 0 heterocycles. The van der Waals surface area contributed by atoms with Crippen LogP contribution in [0.15, 0.2) is 48.5 Å². The molecule has 0 atom stereocenters. The first kappa shape index (κ1) is 23.4. The lowest BCUT2D eigenvalue weighted by Crippen LogP contribution is -2.37. The average Bonchev–Trinajstić information content (AvgIpc) is 2.69. The third-order valence-corrected chi connectivity index (χ3v) is 5.63. The number of ether oxygens (including phenoxy) is 1. The Kier molecular flexibility index (Phi) is 8.41. The van der Waals surface area contributed by atoms with Gasteiger partial charge in [0.1, 0.15) is 13.2 Å².